The van der Waals surface area contributed by atoms with E-state index in [9.17, 15) is 9.59 Å². The minimum Gasteiger partial charge on any atom is -0.481 e. The number of rotatable bonds is 7. The molecule has 0 aliphatic heterocycles. The first-order chi connectivity index (χ1) is 8.78. The Labute approximate surface area is 125 Å². The van der Waals surface area contributed by atoms with Crippen molar-refractivity contribution in [3.63, 3.8) is 0 Å². The molecule has 0 saturated carbocycles. The highest BCUT2D eigenvalue weighted by Crippen LogP contribution is 2.25. The van der Waals surface area contributed by atoms with Gasteiger partial charge in [-0.1, -0.05) is 13.8 Å². The fourth-order valence-electron chi connectivity index (χ4n) is 1.78. The smallest absolute Gasteiger partial charge is 0.303 e. The number of hydrogen-bond donors (Lipinski definition) is 2. The van der Waals surface area contributed by atoms with Crippen LogP contribution >= 0.6 is 27.3 Å². The molecule has 1 aromatic rings. The number of amides is 1. The van der Waals surface area contributed by atoms with Crippen molar-refractivity contribution in [1.29, 1.82) is 0 Å². The fraction of sp³-hybridized carbons (Fsp3) is 0.538. The van der Waals surface area contributed by atoms with Gasteiger partial charge in [0.15, 0.2) is 0 Å². The number of thiophene rings is 1. The van der Waals surface area contributed by atoms with E-state index < -0.39 is 11.4 Å². The second-order valence-electron chi connectivity index (χ2n) is 5.22. The van der Waals surface area contributed by atoms with Crippen molar-refractivity contribution in [1.82, 2.24) is 5.32 Å². The molecule has 0 radical (unpaired) electrons. The van der Waals surface area contributed by atoms with E-state index in [2.05, 4.69) is 21.2 Å². The van der Waals surface area contributed by atoms with Crippen molar-refractivity contribution in [2.45, 2.75) is 33.1 Å². The van der Waals surface area contributed by atoms with E-state index in [1.165, 1.54) is 4.88 Å². The largest absolute Gasteiger partial charge is 0.481 e. The van der Waals surface area contributed by atoms with Gasteiger partial charge in [0, 0.05) is 17.8 Å². The number of carboxylic acid groups (broad SMARTS) is 1. The minimum atomic E-state index is -0.874. The van der Waals surface area contributed by atoms with Crippen molar-refractivity contribution >= 4 is 39.1 Å². The number of aliphatic carboxylic acids is 1. The van der Waals surface area contributed by atoms with Gasteiger partial charge in [-0.2, -0.15) is 0 Å². The molecule has 0 bridgehead atoms. The number of nitrogens with one attached hydrogen (secondary N) is 1. The Morgan fingerprint density at radius 1 is 1.37 bits per heavy atom. The fourth-order valence-corrected chi connectivity index (χ4v) is 3.26. The van der Waals surface area contributed by atoms with Crippen molar-refractivity contribution < 1.29 is 14.7 Å². The summed E-state index contributed by atoms with van der Waals surface area (Å²) in [5.74, 6) is -0.969. The Kier molecular flexibility index (Phi) is 6.00. The van der Waals surface area contributed by atoms with Crippen LogP contribution in [0.3, 0.4) is 0 Å². The molecule has 0 spiro atoms. The number of carboxylic acids is 1. The van der Waals surface area contributed by atoms with Crippen LogP contribution in [0, 0.1) is 5.41 Å². The molecule has 1 rings (SSSR count). The van der Waals surface area contributed by atoms with E-state index >= 15 is 0 Å². The van der Waals surface area contributed by atoms with Gasteiger partial charge in [-0.15, -0.1) is 11.3 Å². The second-order valence-corrected chi connectivity index (χ2v) is 7.76. The highest BCUT2D eigenvalue weighted by Gasteiger charge is 2.24. The van der Waals surface area contributed by atoms with E-state index in [-0.39, 0.29) is 18.7 Å². The average Bonchev–Trinajstić information content (AvgIpc) is 2.61. The van der Waals surface area contributed by atoms with E-state index in [1.54, 1.807) is 25.2 Å². The van der Waals surface area contributed by atoms with Gasteiger partial charge in [-0.3, -0.25) is 9.59 Å². The molecule has 0 aliphatic rings. The van der Waals surface area contributed by atoms with Gasteiger partial charge in [0.25, 0.3) is 0 Å². The maximum Gasteiger partial charge on any atom is 0.303 e. The third-order valence-electron chi connectivity index (χ3n) is 2.59. The lowest BCUT2D eigenvalue weighted by atomic mass is 9.85. The Balaban J connectivity index is 2.29. The highest BCUT2D eigenvalue weighted by atomic mass is 79.9. The molecular formula is C13H18BrNO3S. The van der Waals surface area contributed by atoms with Gasteiger partial charge in [0.2, 0.25) is 5.91 Å². The Morgan fingerprint density at radius 2 is 2.05 bits per heavy atom. The predicted octanol–water partition coefficient (Wildman–Crippen LogP) is 3.06. The molecule has 4 nitrogen and oxygen atoms in total. The molecule has 1 heterocycles. The maximum absolute atomic E-state index is 11.7. The highest BCUT2D eigenvalue weighted by molar-refractivity contribution is 9.11. The first kappa shape index (κ1) is 16.2. The summed E-state index contributed by atoms with van der Waals surface area (Å²) in [6.45, 7) is 4.16. The van der Waals surface area contributed by atoms with Gasteiger partial charge >= 0.3 is 5.97 Å². The van der Waals surface area contributed by atoms with Crippen molar-refractivity contribution in [2.24, 2.45) is 5.41 Å². The van der Waals surface area contributed by atoms with Crippen molar-refractivity contribution in [2.75, 3.05) is 6.54 Å². The van der Waals surface area contributed by atoms with Gasteiger partial charge < -0.3 is 10.4 Å². The average molecular weight is 348 g/mol. The van der Waals surface area contributed by atoms with Gasteiger partial charge in [-0.25, -0.2) is 0 Å². The lowest BCUT2D eigenvalue weighted by Gasteiger charge is -2.21. The summed E-state index contributed by atoms with van der Waals surface area (Å²) in [6, 6.07) is 4.01. The van der Waals surface area contributed by atoms with Gasteiger partial charge in [0.1, 0.15) is 0 Å². The van der Waals surface area contributed by atoms with E-state index in [4.69, 9.17) is 5.11 Å². The number of carbonyl (C=O) groups excluding carboxylic acids is 1. The Morgan fingerprint density at radius 3 is 2.58 bits per heavy atom. The Hall–Kier alpha value is -0.880. The maximum atomic E-state index is 11.7. The molecule has 0 saturated heterocycles. The van der Waals surface area contributed by atoms with Crippen LogP contribution in [0.1, 0.15) is 31.6 Å². The first-order valence-corrected chi connectivity index (χ1v) is 7.62. The monoisotopic (exact) mass is 347 g/mol. The molecule has 6 heteroatoms. The van der Waals surface area contributed by atoms with E-state index in [0.717, 1.165) is 10.2 Å². The van der Waals surface area contributed by atoms with Crippen LogP contribution in [0.2, 0.25) is 0 Å². The summed E-state index contributed by atoms with van der Waals surface area (Å²) < 4.78 is 1.08. The summed E-state index contributed by atoms with van der Waals surface area (Å²) in [5.41, 5.74) is -0.512. The van der Waals surface area contributed by atoms with Crippen LogP contribution in [0.5, 0.6) is 0 Å². The van der Waals surface area contributed by atoms with Gasteiger partial charge in [-0.05, 0) is 39.9 Å². The SMILES string of the molecule is CC(C)(CC(=O)O)CC(=O)NCCc1ccc(Br)s1. The van der Waals surface area contributed by atoms with E-state index in [0.29, 0.717) is 6.54 Å². The van der Waals surface area contributed by atoms with E-state index in [1.807, 2.05) is 12.1 Å². The van der Waals surface area contributed by atoms with Crippen molar-refractivity contribution in [3.05, 3.63) is 20.8 Å². The molecular weight excluding hydrogens is 330 g/mol. The third-order valence-corrected chi connectivity index (χ3v) is 4.27. The zero-order valence-corrected chi connectivity index (χ0v) is 13.4. The topological polar surface area (TPSA) is 66.4 Å². The zero-order chi connectivity index (χ0) is 14.5. The lowest BCUT2D eigenvalue weighted by molar-refractivity contribution is -0.139. The van der Waals surface area contributed by atoms with Crippen molar-refractivity contribution in [3.8, 4) is 0 Å². The molecule has 106 valence electrons. The number of hydrogen-bond acceptors (Lipinski definition) is 3. The summed E-state index contributed by atoms with van der Waals surface area (Å²) in [7, 11) is 0. The summed E-state index contributed by atoms with van der Waals surface area (Å²) >= 11 is 5.04. The minimum absolute atomic E-state index is 0.00170. The van der Waals surface area contributed by atoms with Crippen LogP contribution in [-0.4, -0.2) is 23.5 Å². The predicted molar refractivity (Wildman–Crippen MR) is 79.4 cm³/mol. The first-order valence-electron chi connectivity index (χ1n) is 6.01. The standard InChI is InChI=1S/C13H18BrNO3S/c1-13(2,8-12(17)18)7-11(16)15-6-5-9-3-4-10(14)19-9/h3-4H,5-8H2,1-2H3,(H,15,16)(H,17,18). The summed E-state index contributed by atoms with van der Waals surface area (Å²) in [6.07, 6.45) is 1.02. The van der Waals surface area contributed by atoms with Crippen LogP contribution in [0.4, 0.5) is 0 Å². The quantitative estimate of drug-likeness (QED) is 0.796. The van der Waals surface area contributed by atoms with Crippen LogP contribution < -0.4 is 5.32 Å². The lowest BCUT2D eigenvalue weighted by Crippen LogP contribution is -2.31. The van der Waals surface area contributed by atoms with Gasteiger partial charge in [0.05, 0.1) is 10.2 Å². The van der Waals surface area contributed by atoms with Crippen LogP contribution in [0.25, 0.3) is 0 Å². The summed E-state index contributed by atoms with van der Waals surface area (Å²) in [5, 5.41) is 11.6. The molecule has 0 atom stereocenters. The molecule has 19 heavy (non-hydrogen) atoms. The van der Waals surface area contributed by atoms with Crippen LogP contribution in [-0.2, 0) is 16.0 Å². The zero-order valence-electron chi connectivity index (χ0n) is 11.0. The normalized spacial score (nSPS) is 11.3. The Bertz CT molecular complexity index is 456. The second kappa shape index (κ2) is 7.05. The van der Waals surface area contributed by atoms with Crippen LogP contribution in [0.15, 0.2) is 15.9 Å². The molecule has 2 N–H and O–H groups in total. The molecule has 1 amide bonds. The summed E-state index contributed by atoms with van der Waals surface area (Å²) in [4.78, 5) is 23.6. The number of halogens is 1. The molecule has 0 aromatic carbocycles. The third kappa shape index (κ3) is 6.73. The number of carbonyl (C=O) groups is 2. The molecule has 0 unspecified atom stereocenters. The molecule has 0 aliphatic carbocycles. The molecule has 0 fully saturated rings. The molecule has 1 aromatic heterocycles.